The van der Waals surface area contributed by atoms with Crippen LogP contribution in [0.15, 0.2) is 18.2 Å². The third-order valence-electron chi connectivity index (χ3n) is 2.99. The van der Waals surface area contributed by atoms with Gasteiger partial charge in [-0.25, -0.2) is 0 Å². The minimum absolute atomic E-state index is 0.108. The molecule has 1 aromatic rings. The summed E-state index contributed by atoms with van der Waals surface area (Å²) in [6.07, 6.45) is 0. The van der Waals surface area contributed by atoms with Crippen LogP contribution >= 0.6 is 0 Å². The van der Waals surface area contributed by atoms with Crippen molar-refractivity contribution in [2.45, 2.75) is 40.2 Å². The largest absolute Gasteiger partial charge is 0.352 e. The Morgan fingerprint density at radius 3 is 2.38 bits per heavy atom. The van der Waals surface area contributed by atoms with E-state index in [1.54, 1.807) is 32.0 Å². The van der Waals surface area contributed by atoms with Crippen molar-refractivity contribution in [3.05, 3.63) is 29.3 Å². The van der Waals surface area contributed by atoms with Crippen molar-refractivity contribution in [2.75, 3.05) is 11.9 Å². The van der Waals surface area contributed by atoms with Gasteiger partial charge in [0.05, 0.1) is 5.54 Å². The molecule has 0 saturated heterocycles. The minimum atomic E-state index is -0.945. The molecule has 0 spiro atoms. The van der Waals surface area contributed by atoms with Gasteiger partial charge in [-0.3, -0.25) is 9.59 Å². The zero-order valence-corrected chi connectivity index (χ0v) is 13.4. The van der Waals surface area contributed by atoms with Crippen LogP contribution in [0.2, 0.25) is 0 Å². The van der Waals surface area contributed by atoms with Gasteiger partial charge in [0.2, 0.25) is 5.91 Å². The standard InChI is InChI=1S/C16H25N3O2/c1-10(2)9-18-14(20)12-6-7-13(11(3)8-12)19-15(21)16(4,5)17/h6-8,10H,9,17H2,1-5H3,(H,18,20)(H,19,21). The molecule has 0 saturated carbocycles. The second kappa shape index (κ2) is 6.72. The molecule has 2 amide bonds. The van der Waals surface area contributed by atoms with Crippen LogP contribution in [-0.4, -0.2) is 23.9 Å². The minimum Gasteiger partial charge on any atom is -0.352 e. The molecule has 0 aromatic heterocycles. The summed E-state index contributed by atoms with van der Waals surface area (Å²) in [5, 5.41) is 5.63. The molecule has 21 heavy (non-hydrogen) atoms. The topological polar surface area (TPSA) is 84.2 Å². The lowest BCUT2D eigenvalue weighted by atomic mass is 10.0. The predicted molar refractivity (Wildman–Crippen MR) is 85.2 cm³/mol. The number of anilines is 1. The number of rotatable bonds is 5. The number of carbonyl (C=O) groups is 2. The number of nitrogens with one attached hydrogen (secondary N) is 2. The van der Waals surface area contributed by atoms with E-state index < -0.39 is 5.54 Å². The molecule has 0 aliphatic rings. The molecule has 0 heterocycles. The lowest BCUT2D eigenvalue weighted by molar-refractivity contribution is -0.120. The molecule has 1 aromatic carbocycles. The third-order valence-corrected chi connectivity index (χ3v) is 2.99. The van der Waals surface area contributed by atoms with Crippen molar-refractivity contribution in [3.8, 4) is 0 Å². The molecule has 0 bridgehead atoms. The highest BCUT2D eigenvalue weighted by Crippen LogP contribution is 2.18. The molecule has 0 unspecified atom stereocenters. The second-order valence-electron chi connectivity index (χ2n) is 6.31. The van der Waals surface area contributed by atoms with Gasteiger partial charge in [0.25, 0.3) is 5.91 Å². The Morgan fingerprint density at radius 2 is 1.90 bits per heavy atom. The van der Waals surface area contributed by atoms with Crippen molar-refractivity contribution in [1.29, 1.82) is 0 Å². The second-order valence-corrected chi connectivity index (χ2v) is 6.31. The van der Waals surface area contributed by atoms with Gasteiger partial charge in [-0.2, -0.15) is 0 Å². The highest BCUT2D eigenvalue weighted by Gasteiger charge is 2.22. The molecule has 4 N–H and O–H groups in total. The summed E-state index contributed by atoms with van der Waals surface area (Å²) in [7, 11) is 0. The van der Waals surface area contributed by atoms with Gasteiger partial charge < -0.3 is 16.4 Å². The van der Waals surface area contributed by atoms with Crippen LogP contribution in [0.1, 0.15) is 43.6 Å². The molecular weight excluding hydrogens is 266 g/mol. The summed E-state index contributed by atoms with van der Waals surface area (Å²) in [5.41, 5.74) is 6.87. The zero-order chi connectivity index (χ0) is 16.2. The fraction of sp³-hybridized carbons (Fsp3) is 0.500. The van der Waals surface area contributed by atoms with E-state index in [0.29, 0.717) is 23.7 Å². The molecule has 5 nitrogen and oxygen atoms in total. The highest BCUT2D eigenvalue weighted by atomic mass is 16.2. The Balaban J connectivity index is 2.81. The van der Waals surface area contributed by atoms with Crippen molar-refractivity contribution in [3.63, 3.8) is 0 Å². The van der Waals surface area contributed by atoms with Crippen molar-refractivity contribution < 1.29 is 9.59 Å². The smallest absolute Gasteiger partial charge is 0.251 e. The quantitative estimate of drug-likeness (QED) is 0.776. The van der Waals surface area contributed by atoms with E-state index >= 15 is 0 Å². The van der Waals surface area contributed by atoms with E-state index in [1.165, 1.54) is 0 Å². The van der Waals surface area contributed by atoms with E-state index in [-0.39, 0.29) is 11.8 Å². The fourth-order valence-corrected chi connectivity index (χ4v) is 1.63. The molecule has 116 valence electrons. The fourth-order valence-electron chi connectivity index (χ4n) is 1.63. The maximum absolute atomic E-state index is 12.0. The average molecular weight is 291 g/mol. The number of amides is 2. The number of hydrogen-bond donors (Lipinski definition) is 3. The van der Waals surface area contributed by atoms with Crippen molar-refractivity contribution >= 4 is 17.5 Å². The Kier molecular flexibility index (Phi) is 5.49. The SMILES string of the molecule is Cc1cc(C(=O)NCC(C)C)ccc1NC(=O)C(C)(C)N. The van der Waals surface area contributed by atoms with Gasteiger partial charge in [0, 0.05) is 17.8 Å². The Morgan fingerprint density at radius 1 is 1.29 bits per heavy atom. The molecule has 0 fully saturated rings. The number of aryl methyl sites for hydroxylation is 1. The first-order valence-electron chi connectivity index (χ1n) is 7.10. The molecular formula is C16H25N3O2. The first-order valence-corrected chi connectivity index (χ1v) is 7.10. The molecule has 0 atom stereocenters. The molecule has 0 aliphatic heterocycles. The zero-order valence-electron chi connectivity index (χ0n) is 13.4. The molecule has 0 radical (unpaired) electrons. The third kappa shape index (κ3) is 5.19. The summed E-state index contributed by atoms with van der Waals surface area (Å²) >= 11 is 0. The summed E-state index contributed by atoms with van der Waals surface area (Å²) in [5.74, 6) is 0.0341. The maximum Gasteiger partial charge on any atom is 0.251 e. The first kappa shape index (κ1) is 17.2. The normalized spacial score (nSPS) is 11.4. The monoisotopic (exact) mass is 291 g/mol. The van der Waals surface area contributed by atoms with Gasteiger partial charge in [0.1, 0.15) is 0 Å². The Labute approximate surface area is 126 Å². The summed E-state index contributed by atoms with van der Waals surface area (Å²) < 4.78 is 0. The Hall–Kier alpha value is -1.88. The van der Waals surface area contributed by atoms with E-state index in [2.05, 4.69) is 10.6 Å². The summed E-state index contributed by atoms with van der Waals surface area (Å²) in [4.78, 5) is 23.8. The van der Waals surface area contributed by atoms with Crippen LogP contribution in [0.25, 0.3) is 0 Å². The van der Waals surface area contributed by atoms with Gasteiger partial charge in [0.15, 0.2) is 0 Å². The number of carbonyl (C=O) groups excluding carboxylic acids is 2. The molecule has 5 heteroatoms. The van der Waals surface area contributed by atoms with Gasteiger partial charge >= 0.3 is 0 Å². The first-order chi connectivity index (χ1) is 9.61. The molecule has 1 rings (SSSR count). The highest BCUT2D eigenvalue weighted by molar-refractivity contribution is 5.99. The van der Waals surface area contributed by atoms with Crippen LogP contribution in [0.5, 0.6) is 0 Å². The van der Waals surface area contributed by atoms with Crippen LogP contribution in [-0.2, 0) is 4.79 Å². The van der Waals surface area contributed by atoms with Crippen LogP contribution in [0, 0.1) is 12.8 Å². The number of nitrogens with two attached hydrogens (primary N) is 1. The van der Waals surface area contributed by atoms with Crippen LogP contribution in [0.3, 0.4) is 0 Å². The van der Waals surface area contributed by atoms with E-state index in [1.807, 2.05) is 20.8 Å². The van der Waals surface area contributed by atoms with Crippen LogP contribution < -0.4 is 16.4 Å². The number of benzene rings is 1. The van der Waals surface area contributed by atoms with E-state index in [9.17, 15) is 9.59 Å². The van der Waals surface area contributed by atoms with Gasteiger partial charge in [-0.15, -0.1) is 0 Å². The average Bonchev–Trinajstić information content (AvgIpc) is 2.36. The van der Waals surface area contributed by atoms with Gasteiger partial charge in [-0.05, 0) is 50.5 Å². The predicted octanol–water partition coefficient (Wildman–Crippen LogP) is 2.06. The van der Waals surface area contributed by atoms with E-state index in [4.69, 9.17) is 5.73 Å². The summed E-state index contributed by atoms with van der Waals surface area (Å²) in [6, 6.07) is 5.18. The lowest BCUT2D eigenvalue weighted by Crippen LogP contribution is -2.45. The summed E-state index contributed by atoms with van der Waals surface area (Å²) in [6.45, 7) is 9.85. The van der Waals surface area contributed by atoms with Crippen molar-refractivity contribution in [2.24, 2.45) is 11.7 Å². The van der Waals surface area contributed by atoms with Crippen molar-refractivity contribution in [1.82, 2.24) is 5.32 Å². The lowest BCUT2D eigenvalue weighted by Gasteiger charge is -2.19. The van der Waals surface area contributed by atoms with Crippen LogP contribution in [0.4, 0.5) is 5.69 Å². The maximum atomic E-state index is 12.0. The number of hydrogen-bond acceptors (Lipinski definition) is 3. The van der Waals surface area contributed by atoms with Gasteiger partial charge in [-0.1, -0.05) is 13.8 Å². The van der Waals surface area contributed by atoms with E-state index in [0.717, 1.165) is 5.56 Å². The molecule has 0 aliphatic carbocycles. The Bertz CT molecular complexity index is 531.